The maximum atomic E-state index is 2.35. The Balaban J connectivity index is 3.54. The molecule has 0 aliphatic heterocycles. The fraction of sp³-hybridized carbons (Fsp3) is 0.900. The molecule has 0 saturated carbocycles. The van der Waals surface area contributed by atoms with Gasteiger partial charge < -0.3 is 0 Å². The topological polar surface area (TPSA) is 0 Å². The third-order valence-corrected chi connectivity index (χ3v) is 2.41. The van der Waals surface area contributed by atoms with E-state index in [9.17, 15) is 0 Å². The van der Waals surface area contributed by atoms with Crippen molar-refractivity contribution in [3.05, 3.63) is 0 Å². The Morgan fingerprint density at radius 1 is 1.36 bits per heavy atom. The van der Waals surface area contributed by atoms with Gasteiger partial charge in [-0.05, 0) is 0 Å². The molecule has 11 heavy (non-hydrogen) atoms. The van der Waals surface area contributed by atoms with Crippen LogP contribution in [0.4, 0.5) is 0 Å². The Bertz CT molecular complexity index is 107. The third kappa shape index (κ3) is 5.23. The average Bonchev–Trinajstić information content (AvgIpc) is 2.00. The van der Waals surface area contributed by atoms with Crippen LogP contribution in [0.3, 0.4) is 0 Å². The summed E-state index contributed by atoms with van der Waals surface area (Å²) in [6, 6.07) is 0. The van der Waals surface area contributed by atoms with Crippen molar-refractivity contribution >= 4 is 12.9 Å². The Morgan fingerprint density at radius 3 is 2.45 bits per heavy atom. The maximum absolute atomic E-state index is 2.35. The van der Waals surface area contributed by atoms with Crippen molar-refractivity contribution in [3.8, 4) is 0 Å². The molecule has 0 amide bonds. The molecule has 0 aliphatic carbocycles. The van der Waals surface area contributed by atoms with Crippen LogP contribution in [0.15, 0.2) is 0 Å². The van der Waals surface area contributed by atoms with Crippen molar-refractivity contribution in [2.45, 2.75) is 46.9 Å². The first-order chi connectivity index (χ1) is 5.22. The van der Waals surface area contributed by atoms with Crippen LogP contribution >= 0.6 is 0 Å². The van der Waals surface area contributed by atoms with Gasteiger partial charge in [0.15, 0.2) is 0 Å². The average molecular weight is 152 g/mol. The van der Waals surface area contributed by atoms with Crippen LogP contribution in [-0.4, -0.2) is 12.9 Å². The summed E-state index contributed by atoms with van der Waals surface area (Å²) in [6.45, 7) is 11.2. The van der Waals surface area contributed by atoms with Gasteiger partial charge in [-0.1, -0.05) is 0 Å². The molecule has 64 valence electrons. The molecule has 0 aromatic heterocycles. The fourth-order valence-corrected chi connectivity index (χ4v) is 1.28. The number of rotatable bonds is 5. The molecule has 0 aromatic rings. The molecule has 0 spiro atoms. The summed E-state index contributed by atoms with van der Waals surface area (Å²) in [6.07, 6.45) is 4.08. The third-order valence-electron chi connectivity index (χ3n) is 2.41. The monoisotopic (exact) mass is 152 g/mol. The van der Waals surface area contributed by atoms with Gasteiger partial charge in [0, 0.05) is 0 Å². The van der Waals surface area contributed by atoms with E-state index in [0.29, 0.717) is 0 Å². The van der Waals surface area contributed by atoms with Gasteiger partial charge in [-0.2, -0.15) is 0 Å². The van der Waals surface area contributed by atoms with Gasteiger partial charge >= 0.3 is 71.6 Å². The molecule has 0 rings (SSSR count). The van der Waals surface area contributed by atoms with Crippen molar-refractivity contribution in [1.29, 1.82) is 0 Å². The van der Waals surface area contributed by atoms with Gasteiger partial charge in [0.25, 0.3) is 0 Å². The summed E-state index contributed by atoms with van der Waals surface area (Å²) in [5, 5.41) is 0. The second kappa shape index (κ2) is 6.63. The molecule has 0 saturated heterocycles. The van der Waals surface area contributed by atoms with Gasteiger partial charge in [-0.15, -0.1) is 0 Å². The summed E-state index contributed by atoms with van der Waals surface area (Å²) in [5.41, 5.74) is 0. The Hall–Kier alpha value is -0.0651. The number of hydrogen-bond acceptors (Lipinski definition) is 0. The van der Waals surface area contributed by atoms with E-state index in [0.717, 1.165) is 11.8 Å². The van der Waals surface area contributed by atoms with Crippen molar-refractivity contribution < 1.29 is 0 Å². The zero-order valence-corrected chi connectivity index (χ0v) is 8.43. The van der Waals surface area contributed by atoms with E-state index >= 15 is 0 Å². The normalized spacial score (nSPS) is 16.4. The van der Waals surface area contributed by atoms with Crippen LogP contribution in [0.1, 0.15) is 40.0 Å². The van der Waals surface area contributed by atoms with Crippen LogP contribution < -0.4 is 0 Å². The molecule has 1 heteroatoms. The Kier molecular flexibility index (Phi) is 6.59. The molecular formula is C10H21B. The molecule has 2 atom stereocenters. The quantitative estimate of drug-likeness (QED) is 0.531. The molecular weight excluding hydrogens is 131 g/mol. The van der Waals surface area contributed by atoms with Gasteiger partial charge in [0.2, 0.25) is 0 Å². The van der Waals surface area contributed by atoms with Gasteiger partial charge in [-0.25, -0.2) is 0 Å². The molecule has 0 bridgehead atoms. The summed E-state index contributed by atoms with van der Waals surface area (Å²) >= 11 is 0. The predicted octanol–water partition coefficient (Wildman–Crippen LogP) is 3.00. The first kappa shape index (κ1) is 10.9. The molecule has 0 N–H and O–H groups in total. The summed E-state index contributed by atoms with van der Waals surface area (Å²) in [5.74, 6) is 3.91. The predicted molar refractivity (Wildman–Crippen MR) is 55.5 cm³/mol. The van der Waals surface area contributed by atoms with Crippen LogP contribution in [0, 0.1) is 11.8 Å². The van der Waals surface area contributed by atoms with Crippen LogP contribution in [0.5, 0.6) is 0 Å². The van der Waals surface area contributed by atoms with Crippen molar-refractivity contribution in [3.63, 3.8) is 0 Å². The van der Waals surface area contributed by atoms with Crippen LogP contribution in [-0.2, 0) is 0 Å². The minimum absolute atomic E-state index is 0.756. The Labute approximate surface area is 72.3 Å². The van der Waals surface area contributed by atoms with E-state index in [1.54, 1.807) is 0 Å². The van der Waals surface area contributed by atoms with E-state index in [1.165, 1.54) is 19.3 Å². The van der Waals surface area contributed by atoms with Crippen molar-refractivity contribution in [2.75, 3.05) is 0 Å². The van der Waals surface area contributed by atoms with E-state index in [1.807, 2.05) is 0 Å². The zero-order valence-electron chi connectivity index (χ0n) is 8.43. The molecule has 0 heterocycles. The van der Waals surface area contributed by atoms with E-state index in [2.05, 4.69) is 40.5 Å². The second-order valence-electron chi connectivity index (χ2n) is 3.50. The fourth-order valence-electron chi connectivity index (χ4n) is 1.28. The number of hydrogen-bond donors (Lipinski definition) is 0. The van der Waals surface area contributed by atoms with E-state index in [-0.39, 0.29) is 0 Å². The zero-order chi connectivity index (χ0) is 8.69. The van der Waals surface area contributed by atoms with Gasteiger partial charge in [0.05, 0.1) is 0 Å². The molecule has 0 aliphatic rings. The minimum atomic E-state index is 0.756. The molecule has 2 unspecified atom stereocenters. The van der Waals surface area contributed by atoms with Crippen LogP contribution in [0.2, 0.25) is 6.82 Å². The summed E-state index contributed by atoms with van der Waals surface area (Å²) in [4.78, 5) is 0. The summed E-state index contributed by atoms with van der Waals surface area (Å²) < 4.78 is 0. The standard InChI is InChI=1S/C10H21B/c1-5-6-7-9(2)10(3)8-11-4/h8-10H,5-7H2,1-4H3. The SMILES string of the molecule is CB=CC(C)C(C)CCCC. The first-order valence-corrected chi connectivity index (χ1v) is 4.85. The van der Waals surface area contributed by atoms with Crippen LogP contribution in [0.25, 0.3) is 0 Å². The molecule has 0 radical (unpaired) electrons. The molecule has 0 aromatic carbocycles. The van der Waals surface area contributed by atoms with Gasteiger partial charge in [-0.3, -0.25) is 0 Å². The van der Waals surface area contributed by atoms with Gasteiger partial charge in [0.1, 0.15) is 0 Å². The van der Waals surface area contributed by atoms with E-state index < -0.39 is 0 Å². The number of unbranched alkanes of at least 4 members (excludes halogenated alkanes) is 1. The first-order valence-electron chi connectivity index (χ1n) is 4.85. The van der Waals surface area contributed by atoms with E-state index in [4.69, 9.17) is 0 Å². The van der Waals surface area contributed by atoms with Crippen molar-refractivity contribution in [1.82, 2.24) is 0 Å². The molecule has 0 nitrogen and oxygen atoms in total. The summed E-state index contributed by atoms with van der Waals surface area (Å²) in [7, 11) is 0. The molecule has 0 fully saturated rings. The Morgan fingerprint density at radius 2 is 2.00 bits per heavy atom. The van der Waals surface area contributed by atoms with Crippen molar-refractivity contribution in [2.24, 2.45) is 11.8 Å². The second-order valence-corrected chi connectivity index (χ2v) is 3.50.